The molecule has 51 heavy (non-hydrogen) atoms. The van der Waals surface area contributed by atoms with Crippen molar-refractivity contribution in [3.63, 3.8) is 0 Å². The van der Waals surface area contributed by atoms with Gasteiger partial charge in [0.1, 0.15) is 11.6 Å². The number of rotatable bonds is 4. The highest BCUT2D eigenvalue weighted by molar-refractivity contribution is 6.02. The van der Waals surface area contributed by atoms with E-state index in [1.165, 1.54) is 5.56 Å². The molecule has 0 spiro atoms. The Kier molecular flexibility index (Phi) is 8.16. The van der Waals surface area contributed by atoms with E-state index in [1.807, 2.05) is 12.3 Å². The van der Waals surface area contributed by atoms with Crippen molar-refractivity contribution in [2.75, 3.05) is 16.9 Å². The zero-order valence-corrected chi connectivity index (χ0v) is 29.8. The molecular formula is C47H41N3O. The largest absolute Gasteiger partial charge is 0.497 e. The molecule has 0 N–H and O–H groups in total. The fourth-order valence-electron chi connectivity index (χ4n) is 7.22. The second kappa shape index (κ2) is 13.0. The SMILES string of the molecule is COc1ccc2c(c1)N(c1cc(C)c(-c3ccccc3)cn1)c1ccccc1-c1ccccc1N(c1cccc(C(C)(C)C)c1)c1ccccc1-2. The number of aromatic nitrogens is 1. The second-order valence-corrected chi connectivity index (χ2v) is 14.1. The van der Waals surface area contributed by atoms with Crippen LogP contribution in [-0.4, -0.2) is 12.1 Å². The second-order valence-electron chi connectivity index (χ2n) is 14.1. The fourth-order valence-corrected chi connectivity index (χ4v) is 7.22. The summed E-state index contributed by atoms with van der Waals surface area (Å²) in [5, 5.41) is 0. The first-order valence-electron chi connectivity index (χ1n) is 17.5. The Morgan fingerprint density at radius 3 is 1.67 bits per heavy atom. The molecule has 0 unspecified atom stereocenters. The number of fused-ring (bicyclic) bond motifs is 6. The Morgan fingerprint density at radius 2 is 1.08 bits per heavy atom. The summed E-state index contributed by atoms with van der Waals surface area (Å²) in [6.45, 7) is 8.98. The maximum Gasteiger partial charge on any atom is 0.137 e. The fraction of sp³-hybridized carbons (Fsp3) is 0.128. The van der Waals surface area contributed by atoms with Gasteiger partial charge in [-0.2, -0.15) is 0 Å². The summed E-state index contributed by atoms with van der Waals surface area (Å²) in [5.41, 5.74) is 14.4. The first-order valence-corrected chi connectivity index (χ1v) is 17.5. The van der Waals surface area contributed by atoms with E-state index in [9.17, 15) is 0 Å². The molecule has 1 aromatic heterocycles. The molecule has 8 rings (SSSR count). The summed E-state index contributed by atoms with van der Waals surface area (Å²) in [5.74, 6) is 1.61. The van der Waals surface area contributed by atoms with Gasteiger partial charge in [0.25, 0.3) is 0 Å². The molecular weight excluding hydrogens is 623 g/mol. The zero-order valence-electron chi connectivity index (χ0n) is 29.8. The van der Waals surface area contributed by atoms with Crippen LogP contribution in [-0.2, 0) is 5.41 Å². The smallest absolute Gasteiger partial charge is 0.137 e. The average molecular weight is 664 g/mol. The van der Waals surface area contributed by atoms with Crippen molar-refractivity contribution in [2.45, 2.75) is 33.1 Å². The minimum atomic E-state index is -0.0103. The average Bonchev–Trinajstić information content (AvgIpc) is 3.16. The quantitative estimate of drug-likeness (QED) is 0.187. The van der Waals surface area contributed by atoms with Crippen LogP contribution in [0.25, 0.3) is 33.4 Å². The number of anilines is 6. The van der Waals surface area contributed by atoms with Gasteiger partial charge in [0.2, 0.25) is 0 Å². The summed E-state index contributed by atoms with van der Waals surface area (Å²) >= 11 is 0. The highest BCUT2D eigenvalue weighted by Crippen LogP contribution is 2.53. The maximum absolute atomic E-state index is 5.90. The number of ether oxygens (including phenoxy) is 1. The van der Waals surface area contributed by atoms with E-state index in [0.29, 0.717) is 0 Å². The van der Waals surface area contributed by atoms with Gasteiger partial charge in [-0.15, -0.1) is 0 Å². The Hall–Kier alpha value is -6.13. The van der Waals surface area contributed by atoms with Gasteiger partial charge < -0.3 is 9.64 Å². The van der Waals surface area contributed by atoms with Crippen molar-refractivity contribution in [3.05, 3.63) is 169 Å². The molecule has 2 heterocycles. The van der Waals surface area contributed by atoms with E-state index in [2.05, 4.69) is 183 Å². The van der Waals surface area contributed by atoms with Gasteiger partial charge >= 0.3 is 0 Å². The lowest BCUT2D eigenvalue weighted by Crippen LogP contribution is -2.18. The third-order valence-electron chi connectivity index (χ3n) is 9.84. The number of para-hydroxylation sites is 3. The number of pyridine rings is 1. The van der Waals surface area contributed by atoms with Crippen LogP contribution in [0, 0.1) is 6.92 Å². The standard InChI is InChI=1S/C47H41N3O/c1-32-28-46(48-31-41(32)33-16-7-6-8-17-33)50-44-25-14-11-21-38(44)37-20-9-12-23-42(37)49(35-19-15-18-34(29-35)47(2,3)4)43-24-13-10-22-39(43)40-27-26-36(51-5)30-45(40)50/h6-31H,1-5H3. The summed E-state index contributed by atoms with van der Waals surface area (Å²) < 4.78 is 5.90. The molecule has 0 saturated carbocycles. The first-order chi connectivity index (χ1) is 24.8. The first kappa shape index (κ1) is 32.1. The molecule has 0 atom stereocenters. The highest BCUT2D eigenvalue weighted by atomic mass is 16.5. The normalized spacial score (nSPS) is 12.3. The van der Waals surface area contributed by atoms with Gasteiger partial charge in [-0.1, -0.05) is 118 Å². The number of nitrogens with zero attached hydrogens (tertiary/aromatic N) is 3. The molecule has 1 aliphatic heterocycles. The molecule has 0 aliphatic carbocycles. The number of benzene rings is 6. The highest BCUT2D eigenvalue weighted by Gasteiger charge is 2.29. The minimum absolute atomic E-state index is 0.0103. The molecule has 4 nitrogen and oxygen atoms in total. The number of hydrogen-bond donors (Lipinski definition) is 0. The van der Waals surface area contributed by atoms with Crippen molar-refractivity contribution in [2.24, 2.45) is 0 Å². The molecule has 0 radical (unpaired) electrons. The van der Waals surface area contributed by atoms with Crippen LogP contribution in [0.1, 0.15) is 31.9 Å². The van der Waals surface area contributed by atoms with Gasteiger partial charge in [-0.05, 0) is 77.6 Å². The van der Waals surface area contributed by atoms with Crippen LogP contribution in [0.3, 0.4) is 0 Å². The number of aryl methyl sites for hydroxylation is 1. The molecule has 0 fully saturated rings. The van der Waals surface area contributed by atoms with E-state index in [-0.39, 0.29) is 5.41 Å². The van der Waals surface area contributed by atoms with Crippen molar-refractivity contribution < 1.29 is 4.74 Å². The molecule has 4 heteroatoms. The third-order valence-corrected chi connectivity index (χ3v) is 9.84. The molecule has 0 saturated heterocycles. The summed E-state index contributed by atoms with van der Waals surface area (Å²) in [6, 6.07) is 54.2. The minimum Gasteiger partial charge on any atom is -0.497 e. The van der Waals surface area contributed by atoms with Crippen LogP contribution < -0.4 is 14.5 Å². The molecule has 250 valence electrons. The predicted molar refractivity (Wildman–Crippen MR) is 213 cm³/mol. The van der Waals surface area contributed by atoms with Crippen molar-refractivity contribution in [1.29, 1.82) is 0 Å². The molecule has 6 aromatic carbocycles. The van der Waals surface area contributed by atoms with E-state index in [1.54, 1.807) is 7.11 Å². The Labute approximate surface area is 301 Å². The van der Waals surface area contributed by atoms with Gasteiger partial charge in [-0.25, -0.2) is 4.98 Å². The van der Waals surface area contributed by atoms with Crippen LogP contribution in [0.5, 0.6) is 5.75 Å². The van der Waals surface area contributed by atoms with Crippen molar-refractivity contribution >= 4 is 34.3 Å². The maximum atomic E-state index is 5.90. The van der Waals surface area contributed by atoms with Gasteiger partial charge in [-0.3, -0.25) is 4.90 Å². The van der Waals surface area contributed by atoms with Crippen LogP contribution in [0.4, 0.5) is 34.3 Å². The topological polar surface area (TPSA) is 28.6 Å². The summed E-state index contributed by atoms with van der Waals surface area (Å²) in [6.07, 6.45) is 2.01. The van der Waals surface area contributed by atoms with Crippen LogP contribution in [0.15, 0.2) is 158 Å². The third kappa shape index (κ3) is 5.83. The number of methoxy groups -OCH3 is 1. The van der Waals surface area contributed by atoms with Crippen LogP contribution >= 0.6 is 0 Å². The lowest BCUT2D eigenvalue weighted by atomic mass is 9.86. The summed E-state index contributed by atoms with van der Waals surface area (Å²) in [4.78, 5) is 9.93. The van der Waals surface area contributed by atoms with Crippen LogP contribution in [0.2, 0.25) is 0 Å². The van der Waals surface area contributed by atoms with E-state index < -0.39 is 0 Å². The molecule has 0 amide bonds. The Balaban J connectivity index is 1.47. The van der Waals surface area contributed by atoms with Crippen molar-refractivity contribution in [3.8, 4) is 39.1 Å². The van der Waals surface area contributed by atoms with E-state index in [0.717, 1.165) is 78.9 Å². The van der Waals surface area contributed by atoms with Crippen molar-refractivity contribution in [1.82, 2.24) is 4.98 Å². The predicted octanol–water partition coefficient (Wildman–Crippen LogP) is 13.0. The Morgan fingerprint density at radius 1 is 0.510 bits per heavy atom. The number of hydrogen-bond acceptors (Lipinski definition) is 4. The lowest BCUT2D eigenvalue weighted by molar-refractivity contribution is 0.415. The zero-order chi connectivity index (χ0) is 35.1. The molecule has 0 bridgehead atoms. The lowest BCUT2D eigenvalue weighted by Gasteiger charge is -2.35. The Bertz CT molecular complexity index is 2370. The molecule has 7 aromatic rings. The van der Waals surface area contributed by atoms with E-state index in [4.69, 9.17) is 9.72 Å². The van der Waals surface area contributed by atoms with Gasteiger partial charge in [0.15, 0.2) is 0 Å². The summed E-state index contributed by atoms with van der Waals surface area (Å²) in [7, 11) is 1.73. The van der Waals surface area contributed by atoms with Gasteiger partial charge in [0, 0.05) is 45.8 Å². The van der Waals surface area contributed by atoms with Gasteiger partial charge in [0.05, 0.1) is 29.9 Å². The monoisotopic (exact) mass is 663 g/mol. The van der Waals surface area contributed by atoms with E-state index >= 15 is 0 Å². The molecule has 1 aliphatic rings.